The van der Waals surface area contributed by atoms with Crippen LogP contribution in [0.3, 0.4) is 0 Å². The van der Waals surface area contributed by atoms with E-state index in [2.05, 4.69) is 51.0 Å². The minimum atomic E-state index is 0. The number of hydrogen-bond acceptors (Lipinski definition) is 5. The third-order valence-corrected chi connectivity index (χ3v) is 5.55. The maximum atomic E-state index is 5.97. The number of halogens is 1. The van der Waals surface area contributed by atoms with Crippen molar-refractivity contribution in [2.45, 2.75) is 20.0 Å². The van der Waals surface area contributed by atoms with Crippen LogP contribution in [0.1, 0.15) is 13.8 Å². The molecule has 2 aliphatic heterocycles. The van der Waals surface area contributed by atoms with Crippen molar-refractivity contribution in [3.8, 4) is 5.75 Å². The van der Waals surface area contributed by atoms with Crippen molar-refractivity contribution in [2.75, 3.05) is 78.0 Å². The van der Waals surface area contributed by atoms with Crippen LogP contribution >= 0.6 is 24.0 Å². The highest BCUT2D eigenvalue weighted by atomic mass is 127. The number of methoxy groups -OCH3 is 1. The Bertz CT molecular complexity index is 665. The second-order valence-electron chi connectivity index (χ2n) is 8.22. The van der Waals surface area contributed by atoms with Gasteiger partial charge in [0, 0.05) is 59.4 Å². The van der Waals surface area contributed by atoms with Gasteiger partial charge in [0.15, 0.2) is 5.96 Å². The van der Waals surface area contributed by atoms with Crippen LogP contribution in [-0.4, -0.2) is 95.0 Å². The number of benzene rings is 1. The number of piperazine rings is 1. The summed E-state index contributed by atoms with van der Waals surface area (Å²) in [6, 6.07) is 8.23. The van der Waals surface area contributed by atoms with Gasteiger partial charge in [-0.25, -0.2) is 0 Å². The van der Waals surface area contributed by atoms with Crippen LogP contribution in [0.5, 0.6) is 5.75 Å². The summed E-state index contributed by atoms with van der Waals surface area (Å²) in [5, 5.41) is 3.54. The summed E-state index contributed by atoms with van der Waals surface area (Å²) >= 11 is 0. The average Bonchev–Trinajstić information content (AvgIpc) is 2.74. The fourth-order valence-electron chi connectivity index (χ4n) is 4.17. The van der Waals surface area contributed by atoms with Crippen molar-refractivity contribution >= 4 is 35.6 Å². The lowest BCUT2D eigenvalue weighted by Crippen LogP contribution is -2.55. The van der Waals surface area contributed by atoms with E-state index >= 15 is 0 Å². The number of para-hydroxylation sites is 2. The molecule has 0 amide bonds. The SMILES string of the molecule is CN=C(NCC1CN(CC(C)C)CCO1)N1CCN(c2ccccc2OC)CC1.I. The molecule has 1 atom stereocenters. The maximum absolute atomic E-state index is 5.97. The van der Waals surface area contributed by atoms with Gasteiger partial charge in [0.05, 0.1) is 25.5 Å². The molecule has 170 valence electrons. The molecule has 0 bridgehead atoms. The molecule has 0 saturated carbocycles. The summed E-state index contributed by atoms with van der Waals surface area (Å²) in [4.78, 5) is 11.7. The Labute approximate surface area is 198 Å². The number of hydrogen-bond donors (Lipinski definition) is 1. The Balaban J connectivity index is 0.00000320. The van der Waals surface area contributed by atoms with Crippen LogP contribution in [0.4, 0.5) is 5.69 Å². The molecule has 8 heteroatoms. The highest BCUT2D eigenvalue weighted by molar-refractivity contribution is 14.0. The van der Waals surface area contributed by atoms with Gasteiger partial charge in [-0.2, -0.15) is 0 Å². The molecule has 30 heavy (non-hydrogen) atoms. The number of ether oxygens (including phenoxy) is 2. The maximum Gasteiger partial charge on any atom is 0.193 e. The summed E-state index contributed by atoms with van der Waals surface area (Å²) in [6.45, 7) is 13.1. The molecule has 0 spiro atoms. The average molecular weight is 531 g/mol. The molecule has 0 radical (unpaired) electrons. The monoisotopic (exact) mass is 531 g/mol. The van der Waals surface area contributed by atoms with Gasteiger partial charge >= 0.3 is 0 Å². The van der Waals surface area contributed by atoms with E-state index in [-0.39, 0.29) is 30.1 Å². The summed E-state index contributed by atoms with van der Waals surface area (Å²) in [5.74, 6) is 2.59. The molecule has 1 N–H and O–H groups in total. The molecule has 2 aliphatic rings. The summed E-state index contributed by atoms with van der Waals surface area (Å²) in [7, 11) is 3.60. The first-order valence-electron chi connectivity index (χ1n) is 10.8. The number of morpholine rings is 1. The van der Waals surface area contributed by atoms with Gasteiger partial charge < -0.3 is 24.6 Å². The Morgan fingerprint density at radius 1 is 1.20 bits per heavy atom. The smallest absolute Gasteiger partial charge is 0.193 e. The first kappa shape index (κ1) is 25.0. The van der Waals surface area contributed by atoms with Crippen LogP contribution in [0.15, 0.2) is 29.3 Å². The van der Waals surface area contributed by atoms with E-state index in [9.17, 15) is 0 Å². The zero-order chi connectivity index (χ0) is 20.6. The van der Waals surface area contributed by atoms with E-state index < -0.39 is 0 Å². The zero-order valence-electron chi connectivity index (χ0n) is 18.8. The molecule has 3 rings (SSSR count). The van der Waals surface area contributed by atoms with E-state index in [1.54, 1.807) is 7.11 Å². The highest BCUT2D eigenvalue weighted by Gasteiger charge is 2.24. The molecule has 2 saturated heterocycles. The molecule has 0 aromatic heterocycles. The van der Waals surface area contributed by atoms with Crippen molar-refractivity contribution < 1.29 is 9.47 Å². The Morgan fingerprint density at radius 2 is 1.93 bits per heavy atom. The molecule has 2 fully saturated rings. The Kier molecular flexibility index (Phi) is 10.5. The predicted octanol–water partition coefficient (Wildman–Crippen LogP) is 2.37. The fraction of sp³-hybridized carbons (Fsp3) is 0.682. The van der Waals surface area contributed by atoms with Crippen LogP contribution in [0.2, 0.25) is 0 Å². The van der Waals surface area contributed by atoms with Crippen molar-refractivity contribution in [2.24, 2.45) is 10.9 Å². The van der Waals surface area contributed by atoms with Gasteiger partial charge in [-0.05, 0) is 18.1 Å². The zero-order valence-corrected chi connectivity index (χ0v) is 21.2. The lowest BCUT2D eigenvalue weighted by molar-refractivity contribution is -0.0286. The van der Waals surface area contributed by atoms with Gasteiger partial charge in [0.1, 0.15) is 5.75 Å². The number of anilines is 1. The Hall–Kier alpha value is -1.26. The third kappa shape index (κ3) is 6.88. The molecule has 7 nitrogen and oxygen atoms in total. The van der Waals surface area contributed by atoms with Crippen LogP contribution in [-0.2, 0) is 4.74 Å². The largest absolute Gasteiger partial charge is 0.495 e. The molecule has 1 unspecified atom stereocenters. The standard InChI is InChI=1S/C22H37N5O2.HI/c1-18(2)16-25-13-14-29-19(17-25)15-24-22(23-3)27-11-9-26(10-12-27)20-7-5-6-8-21(20)28-4;/h5-8,18-19H,9-17H2,1-4H3,(H,23,24);1H. The fourth-order valence-corrected chi connectivity index (χ4v) is 4.17. The van der Waals surface area contributed by atoms with Crippen molar-refractivity contribution in [1.29, 1.82) is 0 Å². The minimum absolute atomic E-state index is 0. The topological polar surface area (TPSA) is 52.6 Å². The minimum Gasteiger partial charge on any atom is -0.495 e. The second kappa shape index (κ2) is 12.6. The molecule has 2 heterocycles. The number of guanidine groups is 1. The molecule has 1 aromatic carbocycles. The molecular weight excluding hydrogens is 493 g/mol. The quantitative estimate of drug-likeness (QED) is 0.346. The molecule has 0 aliphatic carbocycles. The van der Waals surface area contributed by atoms with Gasteiger partial charge in [-0.3, -0.25) is 9.89 Å². The molecule has 1 aromatic rings. The summed E-state index contributed by atoms with van der Waals surface area (Å²) < 4.78 is 11.5. The Morgan fingerprint density at radius 3 is 2.60 bits per heavy atom. The van der Waals surface area contributed by atoms with Crippen LogP contribution in [0, 0.1) is 5.92 Å². The first-order valence-corrected chi connectivity index (χ1v) is 10.8. The lowest BCUT2D eigenvalue weighted by Gasteiger charge is -2.39. The van der Waals surface area contributed by atoms with E-state index in [0.29, 0.717) is 5.92 Å². The predicted molar refractivity (Wildman–Crippen MR) is 135 cm³/mol. The summed E-state index contributed by atoms with van der Waals surface area (Å²) in [6.07, 6.45) is 0.217. The summed E-state index contributed by atoms with van der Waals surface area (Å²) in [5.41, 5.74) is 1.17. The lowest BCUT2D eigenvalue weighted by atomic mass is 10.2. The second-order valence-corrected chi connectivity index (χ2v) is 8.22. The van der Waals surface area contributed by atoms with E-state index in [4.69, 9.17) is 9.47 Å². The number of rotatable bonds is 6. The van der Waals surface area contributed by atoms with E-state index in [1.165, 1.54) is 5.69 Å². The number of nitrogens with one attached hydrogen (secondary N) is 1. The van der Waals surface area contributed by atoms with Crippen molar-refractivity contribution in [1.82, 2.24) is 15.1 Å². The molecular formula is C22H38IN5O2. The van der Waals surface area contributed by atoms with Gasteiger partial charge in [0.25, 0.3) is 0 Å². The number of nitrogens with zero attached hydrogens (tertiary/aromatic N) is 4. The third-order valence-electron chi connectivity index (χ3n) is 5.55. The van der Waals surface area contributed by atoms with Gasteiger partial charge in [-0.1, -0.05) is 26.0 Å². The van der Waals surface area contributed by atoms with Crippen molar-refractivity contribution in [3.05, 3.63) is 24.3 Å². The highest BCUT2D eigenvalue weighted by Crippen LogP contribution is 2.28. The number of aliphatic imine (C=N–C) groups is 1. The first-order chi connectivity index (χ1) is 14.1. The van der Waals surface area contributed by atoms with Gasteiger partial charge in [0.2, 0.25) is 0 Å². The normalized spacial score (nSPS) is 20.8. The van der Waals surface area contributed by atoms with Crippen LogP contribution in [0.25, 0.3) is 0 Å². The van der Waals surface area contributed by atoms with Gasteiger partial charge in [-0.15, -0.1) is 24.0 Å². The van der Waals surface area contributed by atoms with E-state index in [0.717, 1.165) is 70.7 Å². The van der Waals surface area contributed by atoms with E-state index in [1.807, 2.05) is 19.2 Å². The van der Waals surface area contributed by atoms with Crippen molar-refractivity contribution in [3.63, 3.8) is 0 Å². The van der Waals surface area contributed by atoms with Crippen LogP contribution < -0.4 is 15.0 Å².